The van der Waals surface area contributed by atoms with Crippen molar-refractivity contribution in [3.05, 3.63) is 84.1 Å². The highest BCUT2D eigenvalue weighted by Crippen LogP contribution is 2.37. The van der Waals surface area contributed by atoms with Crippen LogP contribution in [-0.4, -0.2) is 78.5 Å². The smallest absolute Gasteiger partial charge is 0.322 e. The number of benzene rings is 2. The fraction of sp³-hybridized carbons (Fsp3) is 0.296. The highest BCUT2D eigenvalue weighted by atomic mass is 16.5. The normalized spacial score (nSPS) is 19.8. The lowest BCUT2D eigenvalue weighted by Gasteiger charge is -2.33. The van der Waals surface area contributed by atoms with Crippen molar-refractivity contribution in [2.75, 3.05) is 45.9 Å². The Kier molecular flexibility index (Phi) is 6.73. The number of urea groups is 1. The van der Waals surface area contributed by atoms with E-state index in [1.165, 1.54) is 9.80 Å². The minimum atomic E-state index is -0.663. The van der Waals surface area contributed by atoms with Crippen molar-refractivity contribution < 1.29 is 23.9 Å². The van der Waals surface area contributed by atoms with E-state index in [9.17, 15) is 14.4 Å². The van der Waals surface area contributed by atoms with Crippen LogP contribution in [0.1, 0.15) is 11.6 Å². The van der Waals surface area contributed by atoms with Gasteiger partial charge in [-0.2, -0.15) is 0 Å². The Bertz CT molecular complexity index is 1210. The summed E-state index contributed by atoms with van der Waals surface area (Å²) in [5.41, 5.74) is 1.78. The van der Waals surface area contributed by atoms with Gasteiger partial charge >= 0.3 is 6.03 Å². The van der Waals surface area contributed by atoms with Crippen molar-refractivity contribution in [1.82, 2.24) is 20.0 Å². The van der Waals surface area contributed by atoms with Gasteiger partial charge < -0.3 is 24.6 Å². The van der Waals surface area contributed by atoms with Crippen molar-refractivity contribution >= 4 is 17.8 Å². The first-order valence-corrected chi connectivity index (χ1v) is 11.9. The summed E-state index contributed by atoms with van der Waals surface area (Å²) in [5.74, 6) is 0.883. The van der Waals surface area contributed by atoms with Crippen molar-refractivity contribution in [3.8, 4) is 11.5 Å². The molecule has 3 aliphatic heterocycles. The lowest BCUT2D eigenvalue weighted by molar-refractivity contribution is -0.140. The van der Waals surface area contributed by atoms with E-state index in [1.54, 1.807) is 11.0 Å². The minimum Gasteiger partial charge on any atom is -0.457 e. The van der Waals surface area contributed by atoms with Gasteiger partial charge in [0.15, 0.2) is 0 Å². The summed E-state index contributed by atoms with van der Waals surface area (Å²) in [7, 11) is 0. The molecule has 2 aromatic carbocycles. The molecule has 1 atom stereocenters. The predicted octanol–water partition coefficient (Wildman–Crippen LogP) is 2.69. The van der Waals surface area contributed by atoms with E-state index in [0.717, 1.165) is 5.56 Å². The third-order valence-corrected chi connectivity index (χ3v) is 6.47. The number of morpholine rings is 1. The lowest BCUT2D eigenvalue weighted by Crippen LogP contribution is -2.47. The fourth-order valence-corrected chi connectivity index (χ4v) is 4.71. The Morgan fingerprint density at radius 1 is 1.08 bits per heavy atom. The van der Waals surface area contributed by atoms with Crippen molar-refractivity contribution in [3.63, 3.8) is 0 Å². The average molecular weight is 489 g/mol. The second-order valence-corrected chi connectivity index (χ2v) is 8.78. The molecule has 0 radical (unpaired) electrons. The van der Waals surface area contributed by atoms with Crippen LogP contribution in [0.4, 0.5) is 4.79 Å². The number of hydrogen-bond acceptors (Lipinski definition) is 5. The van der Waals surface area contributed by atoms with Gasteiger partial charge in [0, 0.05) is 19.6 Å². The maximum atomic E-state index is 13.6. The molecule has 0 aromatic heterocycles. The Morgan fingerprint density at radius 3 is 2.58 bits per heavy atom. The van der Waals surface area contributed by atoms with Crippen LogP contribution in [0.5, 0.6) is 11.5 Å². The first-order chi connectivity index (χ1) is 17.5. The molecule has 1 N–H and O–H groups in total. The predicted molar refractivity (Wildman–Crippen MR) is 132 cm³/mol. The molecule has 186 valence electrons. The molecule has 2 aromatic rings. The Hall–Kier alpha value is -4.11. The molecular weight excluding hydrogens is 460 g/mol. The summed E-state index contributed by atoms with van der Waals surface area (Å²) >= 11 is 0. The summed E-state index contributed by atoms with van der Waals surface area (Å²) in [5, 5.41) is 2.96. The largest absolute Gasteiger partial charge is 0.457 e. The SMILES string of the molecule is C=CCN1C(=O)N[C@H](c2cccc(Oc3ccccc3)c2)C2=C1CN(CC(=O)N1CCOCC1)C2=O. The standard InChI is InChI=1S/C27H28N4O5/c1-2-11-31-22-17-30(18-23(32)29-12-14-35-15-13-29)26(33)24(22)25(28-27(31)34)19-7-6-10-21(16-19)36-20-8-4-3-5-9-20/h2-10,16,25H,1,11-15,17-18H2,(H,28,34)/t25-/m1/s1. The zero-order chi connectivity index (χ0) is 25.1. The van der Waals surface area contributed by atoms with E-state index < -0.39 is 6.04 Å². The van der Waals surface area contributed by atoms with Gasteiger partial charge in [-0.25, -0.2) is 4.79 Å². The van der Waals surface area contributed by atoms with Crippen LogP contribution in [0, 0.1) is 0 Å². The zero-order valence-corrected chi connectivity index (χ0v) is 19.9. The van der Waals surface area contributed by atoms with Crippen molar-refractivity contribution in [1.29, 1.82) is 0 Å². The topological polar surface area (TPSA) is 91.4 Å². The second kappa shape index (κ2) is 10.2. The van der Waals surface area contributed by atoms with Gasteiger partial charge in [0.2, 0.25) is 5.91 Å². The van der Waals surface area contributed by atoms with E-state index >= 15 is 0 Å². The van der Waals surface area contributed by atoms with Gasteiger partial charge in [-0.15, -0.1) is 6.58 Å². The van der Waals surface area contributed by atoms with E-state index in [2.05, 4.69) is 11.9 Å². The summed E-state index contributed by atoms with van der Waals surface area (Å²) in [4.78, 5) is 44.3. The number of carbonyl (C=O) groups is 3. The number of carbonyl (C=O) groups excluding carboxylic acids is 3. The Morgan fingerprint density at radius 2 is 1.83 bits per heavy atom. The third-order valence-electron chi connectivity index (χ3n) is 6.47. The summed E-state index contributed by atoms with van der Waals surface area (Å²) in [6.45, 7) is 6.13. The molecule has 0 aliphatic carbocycles. The average Bonchev–Trinajstić information content (AvgIpc) is 3.22. The molecule has 0 saturated carbocycles. The third kappa shape index (κ3) is 4.70. The van der Waals surface area contributed by atoms with Crippen molar-refractivity contribution in [2.24, 2.45) is 0 Å². The quantitative estimate of drug-likeness (QED) is 0.605. The van der Waals surface area contributed by atoms with Gasteiger partial charge in [-0.1, -0.05) is 36.4 Å². The molecule has 0 spiro atoms. The van der Waals surface area contributed by atoms with Gasteiger partial charge in [0.05, 0.1) is 37.1 Å². The van der Waals surface area contributed by atoms with Crippen LogP contribution in [0.15, 0.2) is 78.5 Å². The van der Waals surface area contributed by atoms with E-state index in [4.69, 9.17) is 9.47 Å². The number of amides is 4. The zero-order valence-electron chi connectivity index (χ0n) is 19.9. The fourth-order valence-electron chi connectivity index (χ4n) is 4.71. The lowest BCUT2D eigenvalue weighted by atomic mass is 9.95. The molecule has 5 rings (SSSR count). The molecule has 0 bridgehead atoms. The van der Waals surface area contributed by atoms with Crippen LogP contribution >= 0.6 is 0 Å². The molecule has 0 unspecified atom stereocenters. The Labute approximate surface area is 209 Å². The number of rotatable bonds is 7. The Balaban J connectivity index is 1.42. The summed E-state index contributed by atoms with van der Waals surface area (Å²) in [6, 6.07) is 15.7. The highest BCUT2D eigenvalue weighted by molar-refractivity contribution is 6.03. The van der Waals surface area contributed by atoms with E-state index in [0.29, 0.717) is 49.1 Å². The molecule has 36 heavy (non-hydrogen) atoms. The number of para-hydroxylation sites is 1. The molecule has 3 heterocycles. The molecule has 9 heteroatoms. The molecule has 3 aliphatic rings. The van der Waals surface area contributed by atoms with Crippen LogP contribution in [-0.2, 0) is 14.3 Å². The second-order valence-electron chi connectivity index (χ2n) is 8.78. The molecule has 1 saturated heterocycles. The van der Waals surface area contributed by atoms with Crippen LogP contribution in [0.2, 0.25) is 0 Å². The summed E-state index contributed by atoms with van der Waals surface area (Å²) in [6.07, 6.45) is 1.62. The highest BCUT2D eigenvalue weighted by Gasteiger charge is 2.44. The minimum absolute atomic E-state index is 0.0498. The monoisotopic (exact) mass is 488 g/mol. The molecule has 9 nitrogen and oxygen atoms in total. The van der Waals surface area contributed by atoms with Crippen LogP contribution in [0.3, 0.4) is 0 Å². The number of nitrogens with zero attached hydrogens (tertiary/aromatic N) is 3. The number of nitrogens with one attached hydrogen (secondary N) is 1. The van der Waals surface area contributed by atoms with Gasteiger partial charge in [0.1, 0.15) is 18.0 Å². The first kappa shape index (κ1) is 23.6. The first-order valence-electron chi connectivity index (χ1n) is 11.9. The van der Waals surface area contributed by atoms with Gasteiger partial charge in [-0.3, -0.25) is 14.5 Å². The molecule has 1 fully saturated rings. The van der Waals surface area contributed by atoms with Gasteiger partial charge in [-0.05, 0) is 29.8 Å². The van der Waals surface area contributed by atoms with Gasteiger partial charge in [0.25, 0.3) is 5.91 Å². The molecular formula is C27H28N4O5. The number of ether oxygens (including phenoxy) is 2. The van der Waals surface area contributed by atoms with Crippen LogP contribution in [0.25, 0.3) is 0 Å². The maximum Gasteiger partial charge on any atom is 0.322 e. The van der Waals surface area contributed by atoms with E-state index in [1.807, 2.05) is 54.6 Å². The maximum absolute atomic E-state index is 13.6. The van der Waals surface area contributed by atoms with Crippen molar-refractivity contribution in [2.45, 2.75) is 6.04 Å². The molecule has 4 amide bonds. The summed E-state index contributed by atoms with van der Waals surface area (Å²) < 4.78 is 11.3. The number of hydrogen-bond donors (Lipinski definition) is 1. The van der Waals surface area contributed by atoms with Crippen LogP contribution < -0.4 is 10.1 Å². The van der Waals surface area contributed by atoms with E-state index in [-0.39, 0.29) is 37.5 Å².